The van der Waals surface area contributed by atoms with Gasteiger partial charge in [0.25, 0.3) is 0 Å². The van der Waals surface area contributed by atoms with Gasteiger partial charge in [-0.2, -0.15) is 0 Å². The summed E-state index contributed by atoms with van der Waals surface area (Å²) in [6.45, 7) is 6.84. The number of carbonyl (C=O) groups is 2. The molecule has 0 aromatic heterocycles. The Labute approximate surface area is 156 Å². The Morgan fingerprint density at radius 2 is 1.73 bits per heavy atom. The van der Waals surface area contributed by atoms with Gasteiger partial charge < -0.3 is 14.5 Å². The summed E-state index contributed by atoms with van der Waals surface area (Å²) in [6.07, 6.45) is 4.45. The van der Waals surface area contributed by atoms with E-state index in [2.05, 4.69) is 6.07 Å². The minimum atomic E-state index is 0.119. The predicted octanol–water partition coefficient (Wildman–Crippen LogP) is 2.72. The predicted molar refractivity (Wildman–Crippen MR) is 101 cm³/mol. The molecule has 0 atom stereocenters. The number of hydrogen-bond donors (Lipinski definition) is 0. The molecule has 26 heavy (non-hydrogen) atoms. The number of aryl methyl sites for hydroxylation is 2. The Morgan fingerprint density at radius 3 is 2.38 bits per heavy atom. The van der Waals surface area contributed by atoms with Crippen molar-refractivity contribution in [1.82, 2.24) is 9.80 Å². The van der Waals surface area contributed by atoms with Gasteiger partial charge in [-0.05, 0) is 50.3 Å². The van der Waals surface area contributed by atoms with Crippen LogP contribution in [0.1, 0.15) is 42.4 Å². The molecule has 1 aromatic rings. The number of rotatable bonds is 4. The molecule has 5 nitrogen and oxygen atoms in total. The van der Waals surface area contributed by atoms with Gasteiger partial charge in [-0.15, -0.1) is 0 Å². The minimum Gasteiger partial charge on any atom is -0.496 e. The number of methoxy groups -OCH3 is 1. The van der Waals surface area contributed by atoms with Crippen LogP contribution >= 0.6 is 0 Å². The van der Waals surface area contributed by atoms with E-state index < -0.39 is 0 Å². The second-order valence-electron chi connectivity index (χ2n) is 7.63. The summed E-state index contributed by atoms with van der Waals surface area (Å²) in [5, 5.41) is 0. The van der Waals surface area contributed by atoms with Crippen molar-refractivity contribution in [2.24, 2.45) is 5.92 Å². The summed E-state index contributed by atoms with van der Waals surface area (Å²) < 4.78 is 5.49. The molecule has 5 heteroatoms. The highest BCUT2D eigenvalue weighted by Crippen LogP contribution is 2.29. The van der Waals surface area contributed by atoms with Crippen LogP contribution in [0, 0.1) is 19.8 Å². The van der Waals surface area contributed by atoms with Crippen molar-refractivity contribution < 1.29 is 14.3 Å². The van der Waals surface area contributed by atoms with E-state index in [9.17, 15) is 9.59 Å². The Morgan fingerprint density at radius 1 is 1.04 bits per heavy atom. The first kappa shape index (κ1) is 18.7. The highest BCUT2D eigenvalue weighted by Gasteiger charge is 2.31. The van der Waals surface area contributed by atoms with Crippen LogP contribution < -0.4 is 4.74 Å². The molecule has 2 fully saturated rings. The van der Waals surface area contributed by atoms with Crippen LogP contribution in [0.4, 0.5) is 0 Å². The summed E-state index contributed by atoms with van der Waals surface area (Å²) >= 11 is 0. The summed E-state index contributed by atoms with van der Waals surface area (Å²) in [4.78, 5) is 29.2. The quantitative estimate of drug-likeness (QED) is 0.831. The summed E-state index contributed by atoms with van der Waals surface area (Å²) in [5.41, 5.74) is 3.19. The Kier molecular flexibility index (Phi) is 5.84. The molecule has 0 spiro atoms. The second-order valence-corrected chi connectivity index (χ2v) is 7.63. The number of amides is 2. The van der Waals surface area contributed by atoms with Gasteiger partial charge in [-0.1, -0.05) is 12.5 Å². The van der Waals surface area contributed by atoms with Crippen LogP contribution in [0.2, 0.25) is 0 Å². The average Bonchev–Trinajstić information content (AvgIpc) is 2.81. The normalized spacial score (nSPS) is 18.3. The van der Waals surface area contributed by atoms with E-state index in [1.54, 1.807) is 7.11 Å². The van der Waals surface area contributed by atoms with Gasteiger partial charge in [-0.3, -0.25) is 9.59 Å². The van der Waals surface area contributed by atoms with Crippen molar-refractivity contribution >= 4 is 11.8 Å². The fraction of sp³-hybridized carbons (Fsp3) is 0.619. The van der Waals surface area contributed by atoms with Gasteiger partial charge in [-0.25, -0.2) is 0 Å². The maximum atomic E-state index is 12.9. The fourth-order valence-electron chi connectivity index (χ4n) is 3.93. The van der Waals surface area contributed by atoms with Gasteiger partial charge in [0.2, 0.25) is 11.8 Å². The van der Waals surface area contributed by atoms with Crippen molar-refractivity contribution in [2.45, 2.75) is 46.0 Å². The van der Waals surface area contributed by atoms with E-state index in [1.165, 1.54) is 6.42 Å². The highest BCUT2D eigenvalue weighted by molar-refractivity contribution is 5.81. The zero-order valence-electron chi connectivity index (χ0n) is 16.2. The Balaban J connectivity index is 1.63. The Hall–Kier alpha value is -2.04. The monoisotopic (exact) mass is 358 g/mol. The number of carbonyl (C=O) groups excluding carboxylic acids is 2. The lowest BCUT2D eigenvalue weighted by atomic mass is 9.84. The topological polar surface area (TPSA) is 49.9 Å². The van der Waals surface area contributed by atoms with Crippen LogP contribution in [-0.4, -0.2) is 54.9 Å². The third-order valence-electron chi connectivity index (χ3n) is 5.74. The zero-order valence-corrected chi connectivity index (χ0v) is 16.2. The van der Waals surface area contributed by atoms with Crippen LogP contribution in [0.25, 0.3) is 0 Å². The lowest BCUT2D eigenvalue weighted by Crippen LogP contribution is -2.41. The van der Waals surface area contributed by atoms with E-state index in [4.69, 9.17) is 4.74 Å². The van der Waals surface area contributed by atoms with Crippen LogP contribution in [0.15, 0.2) is 12.1 Å². The largest absolute Gasteiger partial charge is 0.496 e. The SMILES string of the molecule is COc1cc(C)cc(C)c1CC(=O)N1CCCN(C(=O)C2CCC2)CC1. The van der Waals surface area contributed by atoms with Crippen LogP contribution in [0.3, 0.4) is 0 Å². The van der Waals surface area contributed by atoms with E-state index in [-0.39, 0.29) is 11.8 Å². The maximum Gasteiger partial charge on any atom is 0.227 e. The number of ether oxygens (including phenoxy) is 1. The van der Waals surface area contributed by atoms with Crippen molar-refractivity contribution in [1.29, 1.82) is 0 Å². The highest BCUT2D eigenvalue weighted by atomic mass is 16.5. The van der Waals surface area contributed by atoms with Gasteiger partial charge >= 0.3 is 0 Å². The van der Waals surface area contributed by atoms with Crippen LogP contribution in [0.5, 0.6) is 5.75 Å². The molecule has 2 amide bonds. The molecule has 0 N–H and O–H groups in total. The molecule has 1 saturated heterocycles. The second kappa shape index (κ2) is 8.11. The van der Waals surface area contributed by atoms with Crippen molar-refractivity contribution in [3.8, 4) is 5.75 Å². The minimum absolute atomic E-state index is 0.119. The third-order valence-corrected chi connectivity index (χ3v) is 5.74. The van der Waals surface area contributed by atoms with Gasteiger partial charge in [0.15, 0.2) is 0 Å². The van der Waals surface area contributed by atoms with Gasteiger partial charge in [0.05, 0.1) is 13.5 Å². The molecule has 1 aliphatic heterocycles. The van der Waals surface area contributed by atoms with Gasteiger partial charge in [0.1, 0.15) is 5.75 Å². The number of hydrogen-bond acceptors (Lipinski definition) is 3. The molecule has 0 bridgehead atoms. The standard InChI is InChI=1S/C21H30N2O3/c1-15-12-16(2)18(19(13-15)26-3)14-20(24)22-8-5-9-23(11-10-22)21(25)17-6-4-7-17/h12-13,17H,4-11,14H2,1-3H3. The first-order valence-electron chi connectivity index (χ1n) is 9.70. The zero-order chi connectivity index (χ0) is 18.7. The number of nitrogens with zero attached hydrogens (tertiary/aromatic N) is 2. The van der Waals surface area contributed by atoms with E-state index in [1.807, 2.05) is 29.7 Å². The summed E-state index contributed by atoms with van der Waals surface area (Å²) in [6, 6.07) is 4.07. The van der Waals surface area contributed by atoms with Crippen LogP contribution in [-0.2, 0) is 16.0 Å². The molecule has 0 radical (unpaired) electrons. The van der Waals surface area contributed by atoms with Crippen molar-refractivity contribution in [3.05, 3.63) is 28.8 Å². The molecular weight excluding hydrogens is 328 g/mol. The first-order valence-corrected chi connectivity index (χ1v) is 9.70. The fourth-order valence-corrected chi connectivity index (χ4v) is 3.93. The molecule has 3 rings (SSSR count). The van der Waals surface area contributed by atoms with Crippen molar-refractivity contribution in [3.63, 3.8) is 0 Å². The van der Waals surface area contributed by atoms with E-state index in [0.29, 0.717) is 25.4 Å². The molecule has 1 heterocycles. The number of benzene rings is 1. The van der Waals surface area contributed by atoms with Gasteiger partial charge in [0, 0.05) is 37.7 Å². The molecule has 0 unspecified atom stereocenters. The molecule has 2 aliphatic rings. The molecule has 1 aromatic carbocycles. The lowest BCUT2D eigenvalue weighted by molar-refractivity contribution is -0.138. The Bertz CT molecular complexity index is 682. The van der Waals surface area contributed by atoms with Crippen molar-refractivity contribution in [2.75, 3.05) is 33.3 Å². The first-order chi connectivity index (χ1) is 12.5. The molecular formula is C21H30N2O3. The molecule has 1 saturated carbocycles. The summed E-state index contributed by atoms with van der Waals surface area (Å²) in [7, 11) is 1.65. The average molecular weight is 358 g/mol. The summed E-state index contributed by atoms with van der Waals surface area (Å²) in [5.74, 6) is 1.43. The maximum absolute atomic E-state index is 12.9. The third kappa shape index (κ3) is 4.02. The van der Waals surface area contributed by atoms with E-state index in [0.717, 1.165) is 54.8 Å². The van der Waals surface area contributed by atoms with E-state index >= 15 is 0 Å². The lowest BCUT2D eigenvalue weighted by Gasteiger charge is -2.31. The smallest absolute Gasteiger partial charge is 0.227 e. The molecule has 1 aliphatic carbocycles. The molecule has 142 valence electrons.